The van der Waals surface area contributed by atoms with E-state index in [1.807, 2.05) is 36.7 Å². The molecule has 0 fully saturated rings. The van der Waals surface area contributed by atoms with Crippen LogP contribution in [0.25, 0.3) is 77.1 Å². The third kappa shape index (κ3) is 3.08. The average Bonchev–Trinajstić information content (AvgIpc) is 3.40. The summed E-state index contributed by atoms with van der Waals surface area (Å²) in [6.45, 7) is 0. The number of hydrogen-bond donors (Lipinski definition) is 0. The molecule has 2 heterocycles. The van der Waals surface area contributed by atoms with Crippen LogP contribution in [0.3, 0.4) is 0 Å². The van der Waals surface area contributed by atoms with Gasteiger partial charge in [-0.25, -0.2) is 4.98 Å². The van der Waals surface area contributed by atoms with Crippen LogP contribution in [-0.4, -0.2) is 9.97 Å². The first-order valence-electron chi connectivity index (χ1n) is 12.4. The molecule has 0 bridgehead atoms. The zero-order valence-electron chi connectivity index (χ0n) is 19.8. The molecule has 0 saturated carbocycles. The first-order chi connectivity index (χ1) is 18.3. The molecule has 0 unspecified atom stereocenters. The molecule has 0 aliphatic rings. The molecule has 0 atom stereocenters. The van der Waals surface area contributed by atoms with Crippen LogP contribution >= 0.6 is 0 Å². The van der Waals surface area contributed by atoms with Crippen molar-refractivity contribution >= 4 is 43.4 Å². The van der Waals surface area contributed by atoms with Gasteiger partial charge < -0.3 is 4.42 Å². The predicted octanol–water partition coefficient (Wildman–Crippen LogP) is 9.12. The highest BCUT2D eigenvalue weighted by molar-refractivity contribution is 6.27. The molecule has 8 rings (SSSR count). The highest BCUT2D eigenvalue weighted by Gasteiger charge is 2.17. The average molecular weight is 473 g/mol. The van der Waals surface area contributed by atoms with E-state index in [1.165, 1.54) is 43.6 Å². The van der Waals surface area contributed by atoms with Gasteiger partial charge >= 0.3 is 0 Å². The second-order valence-electron chi connectivity index (χ2n) is 9.45. The number of pyridine rings is 1. The van der Waals surface area contributed by atoms with Gasteiger partial charge in [0.15, 0.2) is 5.58 Å². The van der Waals surface area contributed by atoms with Crippen molar-refractivity contribution in [2.75, 3.05) is 0 Å². The monoisotopic (exact) mass is 472 g/mol. The first kappa shape index (κ1) is 20.2. The molecule has 172 valence electrons. The Labute approximate surface area is 213 Å². The number of hydrogen-bond acceptors (Lipinski definition) is 3. The SMILES string of the molecule is c1cc(-c2ccncc2)cc(-c2ccc3ccc4c(-c5nc6ccccc6o5)ccc5ccc2c3c54)c1. The van der Waals surface area contributed by atoms with E-state index in [-0.39, 0.29) is 0 Å². The maximum Gasteiger partial charge on any atom is 0.227 e. The van der Waals surface area contributed by atoms with Crippen molar-refractivity contribution in [2.45, 2.75) is 0 Å². The van der Waals surface area contributed by atoms with Gasteiger partial charge in [-0.1, -0.05) is 72.8 Å². The van der Waals surface area contributed by atoms with E-state index in [1.54, 1.807) is 0 Å². The topological polar surface area (TPSA) is 38.9 Å². The molecule has 37 heavy (non-hydrogen) atoms. The van der Waals surface area contributed by atoms with Gasteiger partial charge in [-0.2, -0.15) is 0 Å². The van der Waals surface area contributed by atoms with Gasteiger partial charge in [0.25, 0.3) is 0 Å². The number of fused-ring (bicyclic) bond motifs is 1. The van der Waals surface area contributed by atoms with Crippen molar-refractivity contribution in [1.29, 1.82) is 0 Å². The zero-order valence-corrected chi connectivity index (χ0v) is 19.8. The Kier molecular flexibility index (Phi) is 4.23. The van der Waals surface area contributed by atoms with Crippen molar-refractivity contribution in [1.82, 2.24) is 9.97 Å². The molecule has 0 aliphatic heterocycles. The molecule has 0 spiro atoms. The molecular formula is C34H20N2O. The van der Waals surface area contributed by atoms with Gasteiger partial charge in [-0.3, -0.25) is 4.98 Å². The van der Waals surface area contributed by atoms with E-state index >= 15 is 0 Å². The smallest absolute Gasteiger partial charge is 0.227 e. The van der Waals surface area contributed by atoms with E-state index in [0.717, 1.165) is 27.6 Å². The molecule has 0 radical (unpaired) electrons. The minimum Gasteiger partial charge on any atom is -0.436 e. The molecule has 0 amide bonds. The summed E-state index contributed by atoms with van der Waals surface area (Å²) in [4.78, 5) is 8.97. The van der Waals surface area contributed by atoms with Crippen molar-refractivity contribution in [3.8, 4) is 33.7 Å². The highest BCUT2D eigenvalue weighted by Crippen LogP contribution is 2.42. The molecular weight excluding hydrogens is 452 g/mol. The Morgan fingerprint density at radius 1 is 0.514 bits per heavy atom. The number of aromatic nitrogens is 2. The number of benzene rings is 6. The lowest BCUT2D eigenvalue weighted by Gasteiger charge is -2.16. The Bertz CT molecular complexity index is 2060. The van der Waals surface area contributed by atoms with E-state index in [4.69, 9.17) is 9.40 Å². The van der Waals surface area contributed by atoms with Crippen LogP contribution in [0.4, 0.5) is 0 Å². The van der Waals surface area contributed by atoms with Gasteiger partial charge in [-0.15, -0.1) is 0 Å². The van der Waals surface area contributed by atoms with Gasteiger partial charge in [0.2, 0.25) is 5.89 Å². The highest BCUT2D eigenvalue weighted by atomic mass is 16.3. The lowest BCUT2D eigenvalue weighted by Crippen LogP contribution is -1.90. The third-order valence-corrected chi connectivity index (χ3v) is 7.38. The van der Waals surface area contributed by atoms with Crippen molar-refractivity contribution in [3.63, 3.8) is 0 Å². The second-order valence-corrected chi connectivity index (χ2v) is 9.45. The standard InChI is InChI=1S/C34H20N2O/c1-2-7-31-30(6-1)36-34(37-31)29-15-11-23-9-13-27-26(12-8-22-10-14-28(29)33(23)32(22)27)25-5-3-4-24(20-25)21-16-18-35-19-17-21/h1-20H. The Balaban J connectivity index is 1.38. The Morgan fingerprint density at radius 2 is 1.19 bits per heavy atom. The van der Waals surface area contributed by atoms with Crippen LogP contribution in [0.5, 0.6) is 0 Å². The van der Waals surface area contributed by atoms with Crippen LogP contribution in [-0.2, 0) is 0 Å². The summed E-state index contributed by atoms with van der Waals surface area (Å²) in [5.74, 6) is 0.657. The number of oxazole rings is 1. The minimum absolute atomic E-state index is 0.657. The maximum absolute atomic E-state index is 6.18. The van der Waals surface area contributed by atoms with Crippen LogP contribution in [0, 0.1) is 0 Å². The molecule has 3 nitrogen and oxygen atoms in total. The van der Waals surface area contributed by atoms with Crippen LogP contribution in [0.15, 0.2) is 126 Å². The van der Waals surface area contributed by atoms with E-state index in [0.29, 0.717) is 5.89 Å². The lowest BCUT2D eigenvalue weighted by molar-refractivity contribution is 0.620. The van der Waals surface area contributed by atoms with Crippen LogP contribution in [0.2, 0.25) is 0 Å². The fourth-order valence-corrected chi connectivity index (χ4v) is 5.64. The van der Waals surface area contributed by atoms with Gasteiger partial charge in [0.1, 0.15) is 5.52 Å². The third-order valence-electron chi connectivity index (χ3n) is 7.38. The molecule has 2 aromatic heterocycles. The molecule has 0 N–H and O–H groups in total. The predicted molar refractivity (Wildman–Crippen MR) is 152 cm³/mol. The summed E-state index contributed by atoms with van der Waals surface area (Å²) in [6.07, 6.45) is 3.68. The largest absolute Gasteiger partial charge is 0.436 e. The van der Waals surface area contributed by atoms with Crippen molar-refractivity contribution in [2.24, 2.45) is 0 Å². The van der Waals surface area contributed by atoms with Crippen LogP contribution in [0.1, 0.15) is 0 Å². The van der Waals surface area contributed by atoms with Crippen molar-refractivity contribution < 1.29 is 4.42 Å². The zero-order chi connectivity index (χ0) is 24.3. The summed E-state index contributed by atoms with van der Waals surface area (Å²) < 4.78 is 6.18. The molecule has 3 heteroatoms. The first-order valence-corrected chi connectivity index (χ1v) is 12.4. The van der Waals surface area contributed by atoms with Crippen molar-refractivity contribution in [3.05, 3.63) is 122 Å². The normalized spacial score (nSPS) is 11.8. The molecule has 8 aromatic rings. The van der Waals surface area contributed by atoms with Gasteiger partial charge in [-0.05, 0) is 91.0 Å². The van der Waals surface area contributed by atoms with E-state index in [2.05, 4.69) is 89.9 Å². The quantitative estimate of drug-likeness (QED) is 0.241. The molecule has 0 saturated heterocycles. The van der Waals surface area contributed by atoms with E-state index in [9.17, 15) is 0 Å². The molecule has 0 aliphatic carbocycles. The summed E-state index contributed by atoms with van der Waals surface area (Å²) in [6, 6.07) is 38.5. The maximum atomic E-state index is 6.18. The fraction of sp³-hybridized carbons (Fsp3) is 0. The van der Waals surface area contributed by atoms with Gasteiger partial charge in [0.05, 0.1) is 0 Å². The summed E-state index contributed by atoms with van der Waals surface area (Å²) in [5.41, 5.74) is 7.47. The number of rotatable bonds is 3. The van der Waals surface area contributed by atoms with Gasteiger partial charge in [0, 0.05) is 18.0 Å². The van der Waals surface area contributed by atoms with Crippen LogP contribution < -0.4 is 0 Å². The van der Waals surface area contributed by atoms with E-state index < -0.39 is 0 Å². The lowest BCUT2D eigenvalue weighted by atomic mass is 9.88. The summed E-state index contributed by atoms with van der Waals surface area (Å²) >= 11 is 0. The Morgan fingerprint density at radius 3 is 1.97 bits per heavy atom. The summed E-state index contributed by atoms with van der Waals surface area (Å²) in [7, 11) is 0. The minimum atomic E-state index is 0.657. The number of nitrogens with zero attached hydrogens (tertiary/aromatic N) is 2. The molecule has 6 aromatic carbocycles. The fourth-order valence-electron chi connectivity index (χ4n) is 5.64. The Hall–Kier alpha value is -5.02. The summed E-state index contributed by atoms with van der Waals surface area (Å²) in [5, 5.41) is 7.39. The number of para-hydroxylation sites is 2. The second kappa shape index (κ2) is 7.74.